The number of nitrogens with one attached hydrogen (secondary N) is 1. The van der Waals surface area contributed by atoms with E-state index in [0.717, 1.165) is 23.7 Å². The Morgan fingerprint density at radius 1 is 1.30 bits per heavy atom. The maximum atomic E-state index is 13.3. The van der Waals surface area contributed by atoms with Crippen molar-refractivity contribution in [3.8, 4) is 0 Å². The van der Waals surface area contributed by atoms with Gasteiger partial charge in [0.25, 0.3) is 5.91 Å². The SMILES string of the molecule is Cc1nnsc1C(=O)N1CCC(CNS(=O)(=O)c2ccc(F)c(F)c2)CC1. The van der Waals surface area contributed by atoms with E-state index < -0.39 is 21.7 Å². The molecule has 2 aromatic rings. The molecule has 27 heavy (non-hydrogen) atoms. The van der Waals surface area contributed by atoms with Gasteiger partial charge in [0.1, 0.15) is 4.88 Å². The van der Waals surface area contributed by atoms with Gasteiger partial charge in [0, 0.05) is 19.6 Å². The number of piperidine rings is 1. The Hall–Kier alpha value is -1.98. The Morgan fingerprint density at radius 2 is 2.00 bits per heavy atom. The van der Waals surface area contributed by atoms with Gasteiger partial charge in [-0.05, 0) is 55.4 Å². The van der Waals surface area contributed by atoms with Crippen molar-refractivity contribution in [2.75, 3.05) is 19.6 Å². The van der Waals surface area contributed by atoms with Crippen LogP contribution in [0.15, 0.2) is 23.1 Å². The Labute approximate surface area is 159 Å². The monoisotopic (exact) mass is 416 g/mol. The van der Waals surface area contributed by atoms with E-state index in [2.05, 4.69) is 14.3 Å². The van der Waals surface area contributed by atoms with Gasteiger partial charge in [0.05, 0.1) is 10.6 Å². The second kappa shape index (κ2) is 7.95. The molecule has 0 saturated carbocycles. The number of carbonyl (C=O) groups excluding carboxylic acids is 1. The highest BCUT2D eigenvalue weighted by Gasteiger charge is 2.27. The minimum absolute atomic E-state index is 0.0507. The zero-order valence-corrected chi connectivity index (χ0v) is 16.1. The zero-order valence-electron chi connectivity index (χ0n) is 14.5. The lowest BCUT2D eigenvalue weighted by atomic mass is 9.97. The number of benzene rings is 1. The van der Waals surface area contributed by atoms with Crippen molar-refractivity contribution < 1.29 is 22.0 Å². The fourth-order valence-corrected chi connectivity index (χ4v) is 4.62. The quantitative estimate of drug-likeness (QED) is 0.804. The molecule has 146 valence electrons. The second-order valence-electron chi connectivity index (χ2n) is 6.35. The van der Waals surface area contributed by atoms with Gasteiger partial charge in [0.2, 0.25) is 10.0 Å². The molecule has 1 aromatic carbocycles. The fourth-order valence-electron chi connectivity index (χ4n) is 2.87. The Kier molecular flexibility index (Phi) is 5.82. The van der Waals surface area contributed by atoms with Gasteiger partial charge in [-0.3, -0.25) is 4.79 Å². The third-order valence-electron chi connectivity index (χ3n) is 4.51. The van der Waals surface area contributed by atoms with Crippen LogP contribution in [0.1, 0.15) is 28.2 Å². The van der Waals surface area contributed by atoms with Crippen molar-refractivity contribution in [3.63, 3.8) is 0 Å². The molecular weight excluding hydrogens is 398 g/mol. The molecule has 2 heterocycles. The number of carbonyl (C=O) groups is 1. The molecule has 1 N–H and O–H groups in total. The number of nitrogens with zero attached hydrogens (tertiary/aromatic N) is 3. The molecule has 11 heteroatoms. The lowest BCUT2D eigenvalue weighted by Gasteiger charge is -2.31. The van der Waals surface area contributed by atoms with E-state index in [9.17, 15) is 22.0 Å². The molecule has 1 saturated heterocycles. The Morgan fingerprint density at radius 3 is 2.59 bits per heavy atom. The largest absolute Gasteiger partial charge is 0.338 e. The average molecular weight is 416 g/mol. The summed E-state index contributed by atoms with van der Waals surface area (Å²) in [6.45, 7) is 2.92. The molecule has 0 atom stereocenters. The molecule has 0 bridgehead atoms. The second-order valence-corrected chi connectivity index (χ2v) is 8.87. The first-order chi connectivity index (χ1) is 12.8. The van der Waals surface area contributed by atoms with E-state index in [1.54, 1.807) is 11.8 Å². The van der Waals surface area contributed by atoms with Gasteiger partial charge >= 0.3 is 0 Å². The van der Waals surface area contributed by atoms with Crippen LogP contribution in [0.4, 0.5) is 8.78 Å². The summed E-state index contributed by atoms with van der Waals surface area (Å²) in [5.41, 5.74) is 0.603. The van der Waals surface area contributed by atoms with Crippen LogP contribution in [-0.2, 0) is 10.0 Å². The van der Waals surface area contributed by atoms with E-state index in [4.69, 9.17) is 0 Å². The smallest absolute Gasteiger partial charge is 0.267 e. The van der Waals surface area contributed by atoms with E-state index in [0.29, 0.717) is 42.6 Å². The van der Waals surface area contributed by atoms with Gasteiger partial charge in [-0.25, -0.2) is 21.9 Å². The van der Waals surface area contributed by atoms with Crippen molar-refractivity contribution in [2.24, 2.45) is 5.92 Å². The maximum absolute atomic E-state index is 13.3. The Bertz CT molecular complexity index is 941. The van der Waals surface area contributed by atoms with Crippen LogP contribution in [0, 0.1) is 24.5 Å². The third-order valence-corrected chi connectivity index (χ3v) is 6.75. The number of aromatic nitrogens is 2. The van der Waals surface area contributed by atoms with Crippen LogP contribution < -0.4 is 4.72 Å². The molecule has 0 aliphatic carbocycles. The summed E-state index contributed by atoms with van der Waals surface area (Å²) in [7, 11) is -3.92. The zero-order chi connectivity index (χ0) is 19.6. The van der Waals surface area contributed by atoms with Crippen molar-refractivity contribution in [3.05, 3.63) is 40.4 Å². The summed E-state index contributed by atoms with van der Waals surface area (Å²) in [5.74, 6) is -2.37. The molecule has 0 unspecified atom stereocenters. The van der Waals surface area contributed by atoms with Crippen molar-refractivity contribution in [2.45, 2.75) is 24.7 Å². The van der Waals surface area contributed by atoms with E-state index in [-0.39, 0.29) is 23.3 Å². The van der Waals surface area contributed by atoms with Crippen LogP contribution in [0.25, 0.3) is 0 Å². The van der Waals surface area contributed by atoms with E-state index >= 15 is 0 Å². The van der Waals surface area contributed by atoms with Gasteiger partial charge in [-0.2, -0.15) is 0 Å². The molecule has 1 fully saturated rings. The van der Waals surface area contributed by atoms with Crippen LogP contribution in [-0.4, -0.2) is 48.4 Å². The molecule has 1 aromatic heterocycles. The number of aryl methyl sites for hydroxylation is 1. The van der Waals surface area contributed by atoms with Gasteiger partial charge in [-0.15, -0.1) is 5.10 Å². The lowest BCUT2D eigenvalue weighted by Crippen LogP contribution is -2.41. The highest BCUT2D eigenvalue weighted by molar-refractivity contribution is 7.89. The maximum Gasteiger partial charge on any atom is 0.267 e. The van der Waals surface area contributed by atoms with Crippen LogP contribution in [0.3, 0.4) is 0 Å². The standard InChI is InChI=1S/C16H18F2N4O3S2/c1-10-15(26-21-20-10)16(23)22-6-4-11(5-7-22)9-19-27(24,25)12-2-3-13(17)14(18)8-12/h2-3,8,11,19H,4-7,9H2,1H3. The minimum Gasteiger partial charge on any atom is -0.338 e. The number of hydrogen-bond donors (Lipinski definition) is 1. The fraction of sp³-hybridized carbons (Fsp3) is 0.438. The third kappa shape index (κ3) is 4.47. The predicted molar refractivity (Wildman–Crippen MR) is 94.8 cm³/mol. The highest BCUT2D eigenvalue weighted by atomic mass is 32.2. The molecular formula is C16H18F2N4O3S2. The van der Waals surface area contributed by atoms with E-state index in [1.807, 2.05) is 0 Å². The highest BCUT2D eigenvalue weighted by Crippen LogP contribution is 2.21. The first-order valence-corrected chi connectivity index (χ1v) is 10.6. The molecule has 1 aliphatic heterocycles. The summed E-state index contributed by atoms with van der Waals surface area (Å²) in [6, 6.07) is 2.46. The number of sulfonamides is 1. The van der Waals surface area contributed by atoms with Crippen LogP contribution in [0.2, 0.25) is 0 Å². The number of rotatable bonds is 5. The summed E-state index contributed by atoms with van der Waals surface area (Å²) >= 11 is 1.06. The van der Waals surface area contributed by atoms with Crippen LogP contribution in [0.5, 0.6) is 0 Å². The first-order valence-electron chi connectivity index (χ1n) is 8.31. The summed E-state index contributed by atoms with van der Waals surface area (Å²) in [5, 5.41) is 3.84. The minimum atomic E-state index is -3.92. The number of hydrogen-bond acceptors (Lipinski definition) is 6. The number of amides is 1. The topological polar surface area (TPSA) is 92.3 Å². The summed E-state index contributed by atoms with van der Waals surface area (Å²) in [4.78, 5) is 14.3. The van der Waals surface area contributed by atoms with Crippen molar-refractivity contribution >= 4 is 27.5 Å². The average Bonchev–Trinajstić information content (AvgIpc) is 3.08. The summed E-state index contributed by atoms with van der Waals surface area (Å²) in [6.07, 6.45) is 1.27. The summed E-state index contributed by atoms with van der Waals surface area (Å²) < 4.78 is 56.9. The molecule has 1 aliphatic rings. The first kappa shape index (κ1) is 19.8. The lowest BCUT2D eigenvalue weighted by molar-refractivity contribution is 0.0696. The number of likely N-dealkylation sites (tertiary alicyclic amines) is 1. The van der Waals surface area contributed by atoms with Gasteiger partial charge in [0.15, 0.2) is 11.6 Å². The molecule has 1 amide bonds. The van der Waals surface area contributed by atoms with Crippen LogP contribution >= 0.6 is 11.5 Å². The normalized spacial score (nSPS) is 15.9. The van der Waals surface area contributed by atoms with E-state index in [1.165, 1.54) is 0 Å². The molecule has 7 nitrogen and oxygen atoms in total. The molecule has 0 spiro atoms. The molecule has 3 rings (SSSR count). The predicted octanol–water partition coefficient (Wildman–Crippen LogP) is 1.96. The van der Waals surface area contributed by atoms with Gasteiger partial charge in [-0.1, -0.05) is 4.49 Å². The van der Waals surface area contributed by atoms with Gasteiger partial charge < -0.3 is 4.90 Å². The number of halogens is 2. The van der Waals surface area contributed by atoms with Crippen molar-refractivity contribution in [1.29, 1.82) is 0 Å². The Balaban J connectivity index is 1.54. The van der Waals surface area contributed by atoms with Crippen molar-refractivity contribution in [1.82, 2.24) is 19.2 Å². The molecule has 0 radical (unpaired) electrons.